The molecule has 2 heterocycles. The number of nitrogens with zero attached hydrogens (tertiary/aromatic N) is 3. The molecule has 38 heavy (non-hydrogen) atoms. The van der Waals surface area contributed by atoms with Gasteiger partial charge in [-0.05, 0) is 48.7 Å². The van der Waals surface area contributed by atoms with Crippen molar-refractivity contribution >= 4 is 38.9 Å². The first-order chi connectivity index (χ1) is 18.0. The minimum atomic E-state index is -3.62. The lowest BCUT2D eigenvalue weighted by molar-refractivity contribution is -0.119. The van der Waals surface area contributed by atoms with Gasteiger partial charge < -0.3 is 16.0 Å². The third-order valence-corrected chi connectivity index (χ3v) is 7.76. The molecule has 1 aliphatic heterocycles. The van der Waals surface area contributed by atoms with Gasteiger partial charge in [-0.25, -0.2) is 12.8 Å². The van der Waals surface area contributed by atoms with Crippen LogP contribution in [0.25, 0.3) is 0 Å². The van der Waals surface area contributed by atoms with Crippen molar-refractivity contribution in [2.75, 3.05) is 34.4 Å². The summed E-state index contributed by atoms with van der Waals surface area (Å²) in [5.74, 6) is -1.17. The van der Waals surface area contributed by atoms with Gasteiger partial charge in [0.1, 0.15) is 5.82 Å². The second-order valence-corrected chi connectivity index (χ2v) is 11.3. The highest BCUT2D eigenvalue weighted by Crippen LogP contribution is 2.27. The maximum absolute atomic E-state index is 14.7. The summed E-state index contributed by atoms with van der Waals surface area (Å²) in [5.41, 5.74) is 8.78. The quantitative estimate of drug-likeness (QED) is 0.429. The Kier molecular flexibility index (Phi) is 7.96. The number of piperidine rings is 1. The van der Waals surface area contributed by atoms with Crippen LogP contribution in [0, 0.1) is 5.82 Å². The predicted molar refractivity (Wildman–Crippen MR) is 145 cm³/mol. The normalized spacial score (nSPS) is 13.9. The summed E-state index contributed by atoms with van der Waals surface area (Å²) in [6.45, 7) is 0.622. The van der Waals surface area contributed by atoms with Crippen LogP contribution in [0.3, 0.4) is 0 Å². The van der Waals surface area contributed by atoms with Crippen molar-refractivity contribution in [2.45, 2.75) is 32.2 Å². The standard InChI is InChI=1S/C27H30FN5O4S/c1-32(38(2,36)37)25-7-5-6-23(28)21(25)16-31-24-15-19(30-17-22(24)27(29)35)14-18-9-11-20(12-10-18)33-13-4-3-8-26(33)34/h5-7,9-12,15,17H,3-4,8,13-14,16H2,1-2H3,(H2,29,35)(H,30,31). The fraction of sp³-hybridized carbons (Fsp3) is 0.296. The number of rotatable bonds is 9. The van der Waals surface area contributed by atoms with Crippen molar-refractivity contribution in [3.05, 3.63) is 82.9 Å². The zero-order valence-corrected chi connectivity index (χ0v) is 22.1. The Bertz CT molecular complexity index is 1460. The summed E-state index contributed by atoms with van der Waals surface area (Å²) in [5, 5.41) is 3.04. The number of anilines is 3. The van der Waals surface area contributed by atoms with Crippen LogP contribution < -0.4 is 20.3 Å². The average Bonchev–Trinajstić information content (AvgIpc) is 2.87. The Balaban J connectivity index is 1.55. The van der Waals surface area contributed by atoms with E-state index in [0.717, 1.165) is 34.7 Å². The number of primary amides is 1. The number of nitrogens with one attached hydrogen (secondary N) is 1. The lowest BCUT2D eigenvalue weighted by Gasteiger charge is -2.26. The SMILES string of the molecule is CN(c1cccc(F)c1CNc1cc(Cc2ccc(N3CCCCC3=O)cc2)ncc1C(N)=O)S(C)(=O)=O. The molecule has 1 saturated heterocycles. The van der Waals surface area contributed by atoms with Crippen LogP contribution in [-0.4, -0.2) is 45.1 Å². The molecule has 1 fully saturated rings. The summed E-state index contributed by atoms with van der Waals surface area (Å²) in [6.07, 6.45) is 5.32. The van der Waals surface area contributed by atoms with Gasteiger partial charge in [-0.3, -0.25) is 18.9 Å². The van der Waals surface area contributed by atoms with Gasteiger partial charge in [0, 0.05) is 56.1 Å². The molecule has 0 unspecified atom stereocenters. The maximum Gasteiger partial charge on any atom is 0.252 e. The average molecular weight is 540 g/mol. The predicted octanol–water partition coefficient (Wildman–Crippen LogP) is 3.44. The zero-order valence-electron chi connectivity index (χ0n) is 21.3. The van der Waals surface area contributed by atoms with Gasteiger partial charge >= 0.3 is 0 Å². The molecule has 0 spiro atoms. The number of carbonyl (C=O) groups excluding carboxylic acids is 2. The van der Waals surface area contributed by atoms with Crippen LogP contribution in [-0.2, 0) is 27.8 Å². The molecule has 3 N–H and O–H groups in total. The monoisotopic (exact) mass is 539 g/mol. The van der Waals surface area contributed by atoms with Crippen molar-refractivity contribution in [2.24, 2.45) is 5.73 Å². The van der Waals surface area contributed by atoms with E-state index in [4.69, 9.17) is 5.73 Å². The molecule has 9 nitrogen and oxygen atoms in total. The molecule has 0 radical (unpaired) electrons. The van der Waals surface area contributed by atoms with E-state index in [-0.39, 0.29) is 29.3 Å². The second-order valence-electron chi connectivity index (χ2n) is 9.25. The van der Waals surface area contributed by atoms with Gasteiger partial charge in [0.15, 0.2) is 0 Å². The first-order valence-corrected chi connectivity index (χ1v) is 14.0. The third-order valence-electron chi connectivity index (χ3n) is 6.57. The van der Waals surface area contributed by atoms with Crippen LogP contribution in [0.1, 0.15) is 46.4 Å². The molecule has 0 saturated carbocycles. The molecule has 1 aliphatic rings. The van der Waals surface area contributed by atoms with E-state index >= 15 is 0 Å². The van der Waals surface area contributed by atoms with Gasteiger partial charge in [0.2, 0.25) is 15.9 Å². The van der Waals surface area contributed by atoms with Crippen LogP contribution in [0.5, 0.6) is 0 Å². The first-order valence-electron chi connectivity index (χ1n) is 12.2. The summed E-state index contributed by atoms with van der Waals surface area (Å²) in [7, 11) is -2.27. The van der Waals surface area contributed by atoms with E-state index in [1.807, 2.05) is 24.3 Å². The molecule has 2 amide bonds. The van der Waals surface area contributed by atoms with E-state index in [1.54, 1.807) is 11.0 Å². The summed E-state index contributed by atoms with van der Waals surface area (Å²) in [4.78, 5) is 30.4. The number of hydrogen-bond acceptors (Lipinski definition) is 6. The molecule has 2 aromatic carbocycles. The fourth-order valence-corrected chi connectivity index (χ4v) is 4.93. The molecule has 1 aromatic heterocycles. The van der Waals surface area contributed by atoms with Gasteiger partial charge in [-0.2, -0.15) is 0 Å². The number of benzene rings is 2. The Hall–Kier alpha value is -3.99. The van der Waals surface area contributed by atoms with Crippen LogP contribution in [0.2, 0.25) is 0 Å². The number of carbonyl (C=O) groups is 2. The van der Waals surface area contributed by atoms with Crippen molar-refractivity contribution < 1.29 is 22.4 Å². The molecular weight excluding hydrogens is 509 g/mol. The van der Waals surface area contributed by atoms with Crippen LogP contribution >= 0.6 is 0 Å². The van der Waals surface area contributed by atoms with Gasteiger partial charge in [-0.15, -0.1) is 0 Å². The Morgan fingerprint density at radius 3 is 2.58 bits per heavy atom. The number of aromatic nitrogens is 1. The lowest BCUT2D eigenvalue weighted by Crippen LogP contribution is -2.35. The van der Waals surface area contributed by atoms with Crippen LogP contribution in [0.15, 0.2) is 54.7 Å². The minimum absolute atomic E-state index is 0.0931. The second kappa shape index (κ2) is 11.2. The van der Waals surface area contributed by atoms with E-state index < -0.39 is 21.7 Å². The molecule has 0 bridgehead atoms. The number of hydrogen-bond donors (Lipinski definition) is 2. The Morgan fingerprint density at radius 1 is 1.18 bits per heavy atom. The number of nitrogens with two attached hydrogens (primary N) is 1. The highest BCUT2D eigenvalue weighted by molar-refractivity contribution is 7.92. The molecule has 3 aromatic rings. The summed E-state index contributed by atoms with van der Waals surface area (Å²) in [6, 6.07) is 13.5. The van der Waals surface area contributed by atoms with Crippen molar-refractivity contribution in [3.63, 3.8) is 0 Å². The van der Waals surface area contributed by atoms with Crippen molar-refractivity contribution in [1.29, 1.82) is 0 Å². The highest BCUT2D eigenvalue weighted by atomic mass is 32.2. The maximum atomic E-state index is 14.7. The topological polar surface area (TPSA) is 126 Å². The van der Waals surface area contributed by atoms with Gasteiger partial charge in [0.05, 0.1) is 23.2 Å². The fourth-order valence-electron chi connectivity index (χ4n) is 4.40. The van der Waals surface area contributed by atoms with E-state index in [2.05, 4.69) is 10.3 Å². The van der Waals surface area contributed by atoms with Crippen molar-refractivity contribution in [3.8, 4) is 0 Å². The minimum Gasteiger partial charge on any atom is -0.380 e. The number of pyridine rings is 1. The molecule has 200 valence electrons. The largest absolute Gasteiger partial charge is 0.380 e. The molecular formula is C27H30FN5O4S. The number of amides is 2. The van der Waals surface area contributed by atoms with Gasteiger partial charge in [-0.1, -0.05) is 18.2 Å². The zero-order chi connectivity index (χ0) is 27.4. The smallest absolute Gasteiger partial charge is 0.252 e. The molecule has 4 rings (SSSR count). The molecule has 0 aliphatic carbocycles. The van der Waals surface area contributed by atoms with E-state index in [9.17, 15) is 22.4 Å². The molecule has 0 atom stereocenters. The van der Waals surface area contributed by atoms with Crippen LogP contribution in [0.4, 0.5) is 21.5 Å². The summed E-state index contributed by atoms with van der Waals surface area (Å²) < 4.78 is 39.8. The van der Waals surface area contributed by atoms with E-state index in [1.165, 1.54) is 31.4 Å². The summed E-state index contributed by atoms with van der Waals surface area (Å²) >= 11 is 0. The molecule has 11 heteroatoms. The number of halogens is 1. The first kappa shape index (κ1) is 27.1. The third kappa shape index (κ3) is 6.10. The van der Waals surface area contributed by atoms with Gasteiger partial charge in [0.25, 0.3) is 5.91 Å². The number of sulfonamides is 1. The Morgan fingerprint density at radius 2 is 1.92 bits per heavy atom. The highest BCUT2D eigenvalue weighted by Gasteiger charge is 2.21. The Labute approximate surface area is 221 Å². The van der Waals surface area contributed by atoms with E-state index in [0.29, 0.717) is 30.8 Å². The lowest BCUT2D eigenvalue weighted by atomic mass is 10.1. The van der Waals surface area contributed by atoms with Crippen molar-refractivity contribution in [1.82, 2.24) is 4.98 Å².